The third-order valence-corrected chi connectivity index (χ3v) is 7.19. The van der Waals surface area contributed by atoms with Crippen LogP contribution in [0.3, 0.4) is 0 Å². The number of benzene rings is 2. The van der Waals surface area contributed by atoms with Gasteiger partial charge in [0.2, 0.25) is 11.8 Å². The van der Waals surface area contributed by atoms with Crippen LogP contribution in [-0.4, -0.2) is 29.3 Å². The van der Waals surface area contributed by atoms with Crippen LogP contribution in [0.4, 0.5) is 0 Å². The summed E-state index contributed by atoms with van der Waals surface area (Å²) in [6, 6.07) is 17.4. The highest BCUT2D eigenvalue weighted by molar-refractivity contribution is 5.88. The molecule has 1 aliphatic carbocycles. The Morgan fingerprint density at radius 2 is 1.68 bits per heavy atom. The average Bonchev–Trinajstić information content (AvgIpc) is 3.34. The number of ether oxygens (including phenoxy) is 1. The Hall–Kier alpha value is -2.82. The van der Waals surface area contributed by atoms with Gasteiger partial charge in [-0.25, -0.2) is 0 Å². The average molecular weight is 463 g/mol. The molecule has 1 heterocycles. The van der Waals surface area contributed by atoms with Gasteiger partial charge in [0.15, 0.2) is 0 Å². The second kappa shape index (κ2) is 11.5. The first kappa shape index (κ1) is 24.3. The van der Waals surface area contributed by atoms with E-state index >= 15 is 0 Å². The summed E-state index contributed by atoms with van der Waals surface area (Å²) in [6.07, 6.45) is 8.69. The van der Waals surface area contributed by atoms with Gasteiger partial charge in [-0.05, 0) is 55.0 Å². The monoisotopic (exact) mass is 462 g/mol. The highest BCUT2D eigenvalue weighted by atomic mass is 16.5. The standard InChI is InChI=1S/C29H38N2O3/c1-21(2)28(32)30-26(19-22-11-5-3-6-12-22)29(33)31-18-10-17-27(31)23-13-9-16-25(20-23)34-24-14-7-4-8-15-24/h4,7-9,13-16,20-22,26-27H,3,5-6,10-12,17-19H2,1-2H3,(H,30,32)/t26-,27-/m0/s1. The maximum atomic E-state index is 13.8. The third-order valence-electron chi connectivity index (χ3n) is 7.19. The van der Waals surface area contributed by atoms with Gasteiger partial charge >= 0.3 is 0 Å². The number of nitrogens with one attached hydrogen (secondary N) is 1. The topological polar surface area (TPSA) is 58.6 Å². The second-order valence-corrected chi connectivity index (χ2v) is 10.1. The van der Waals surface area contributed by atoms with Crippen LogP contribution >= 0.6 is 0 Å². The van der Waals surface area contributed by atoms with Crippen LogP contribution in [0.15, 0.2) is 54.6 Å². The number of para-hydroxylation sites is 1. The minimum atomic E-state index is -0.442. The molecule has 1 saturated heterocycles. The van der Waals surface area contributed by atoms with Gasteiger partial charge in [-0.1, -0.05) is 76.3 Å². The third kappa shape index (κ3) is 6.19. The van der Waals surface area contributed by atoms with Gasteiger partial charge in [-0.3, -0.25) is 9.59 Å². The predicted octanol–water partition coefficient (Wildman–Crippen LogP) is 6.25. The fraction of sp³-hybridized carbons (Fsp3) is 0.517. The summed E-state index contributed by atoms with van der Waals surface area (Å²) in [6.45, 7) is 4.49. The smallest absolute Gasteiger partial charge is 0.245 e. The number of carbonyl (C=O) groups is 2. The lowest BCUT2D eigenvalue weighted by Crippen LogP contribution is -2.50. The molecule has 1 saturated carbocycles. The molecule has 0 spiro atoms. The number of hydrogen-bond acceptors (Lipinski definition) is 3. The van der Waals surface area contributed by atoms with E-state index in [9.17, 15) is 9.59 Å². The Bertz CT molecular complexity index is 953. The van der Waals surface area contributed by atoms with Crippen molar-refractivity contribution in [3.05, 3.63) is 60.2 Å². The summed E-state index contributed by atoms with van der Waals surface area (Å²) in [7, 11) is 0. The zero-order valence-corrected chi connectivity index (χ0v) is 20.5. The van der Waals surface area contributed by atoms with Crippen LogP contribution in [0.5, 0.6) is 11.5 Å². The van der Waals surface area contributed by atoms with E-state index in [1.165, 1.54) is 19.3 Å². The highest BCUT2D eigenvalue weighted by Gasteiger charge is 2.36. The molecule has 2 amide bonds. The van der Waals surface area contributed by atoms with Gasteiger partial charge in [-0.2, -0.15) is 0 Å². The zero-order valence-electron chi connectivity index (χ0n) is 20.5. The van der Waals surface area contributed by atoms with E-state index in [0.717, 1.165) is 55.7 Å². The van der Waals surface area contributed by atoms with E-state index in [2.05, 4.69) is 11.4 Å². The summed E-state index contributed by atoms with van der Waals surface area (Å²) in [5.74, 6) is 1.97. The number of rotatable bonds is 8. The number of likely N-dealkylation sites (tertiary alicyclic amines) is 1. The molecule has 0 unspecified atom stereocenters. The van der Waals surface area contributed by atoms with E-state index in [1.807, 2.05) is 67.3 Å². The molecule has 2 aromatic carbocycles. The van der Waals surface area contributed by atoms with Crippen molar-refractivity contribution in [2.24, 2.45) is 11.8 Å². The Kier molecular flexibility index (Phi) is 8.25. The van der Waals surface area contributed by atoms with Crippen LogP contribution < -0.4 is 10.1 Å². The molecule has 2 atom stereocenters. The molecule has 2 aliphatic rings. The fourth-order valence-electron chi connectivity index (χ4n) is 5.30. The SMILES string of the molecule is CC(C)C(=O)N[C@@H](CC1CCCCC1)C(=O)N1CCC[C@H]1c1cccc(Oc2ccccc2)c1. The minimum absolute atomic E-state index is 0.0108. The van der Waals surface area contributed by atoms with Gasteiger partial charge in [0, 0.05) is 12.5 Å². The molecule has 2 aromatic rings. The maximum absolute atomic E-state index is 13.8. The zero-order chi connectivity index (χ0) is 23.9. The molecule has 1 aliphatic heterocycles. The maximum Gasteiger partial charge on any atom is 0.245 e. The lowest BCUT2D eigenvalue weighted by atomic mass is 9.84. The van der Waals surface area contributed by atoms with Crippen LogP contribution in [0.25, 0.3) is 0 Å². The Morgan fingerprint density at radius 1 is 0.941 bits per heavy atom. The Labute approximate surface area is 203 Å². The molecule has 182 valence electrons. The predicted molar refractivity (Wildman–Crippen MR) is 135 cm³/mol. The molecule has 5 nitrogen and oxygen atoms in total. The normalized spacial score (nSPS) is 19.7. The summed E-state index contributed by atoms with van der Waals surface area (Å²) in [5.41, 5.74) is 1.09. The molecular formula is C29H38N2O3. The molecule has 0 bridgehead atoms. The first-order chi connectivity index (χ1) is 16.5. The molecule has 5 heteroatoms. The lowest BCUT2D eigenvalue weighted by Gasteiger charge is -2.32. The molecule has 0 radical (unpaired) electrons. The van der Waals surface area contributed by atoms with E-state index in [0.29, 0.717) is 5.92 Å². The van der Waals surface area contributed by atoms with Crippen molar-refractivity contribution in [2.45, 2.75) is 77.3 Å². The van der Waals surface area contributed by atoms with Crippen molar-refractivity contribution in [3.63, 3.8) is 0 Å². The first-order valence-corrected chi connectivity index (χ1v) is 12.9. The van der Waals surface area contributed by atoms with Crippen LogP contribution in [0.2, 0.25) is 0 Å². The highest BCUT2D eigenvalue weighted by Crippen LogP contribution is 2.36. The molecular weight excluding hydrogens is 424 g/mol. The Balaban J connectivity index is 1.50. The van der Waals surface area contributed by atoms with Gasteiger partial charge < -0.3 is 15.0 Å². The van der Waals surface area contributed by atoms with Crippen molar-refractivity contribution in [3.8, 4) is 11.5 Å². The van der Waals surface area contributed by atoms with Crippen molar-refractivity contribution in [1.29, 1.82) is 0 Å². The van der Waals surface area contributed by atoms with E-state index in [4.69, 9.17) is 4.74 Å². The molecule has 0 aromatic heterocycles. The van der Waals surface area contributed by atoms with E-state index in [1.54, 1.807) is 0 Å². The number of carbonyl (C=O) groups excluding carboxylic acids is 2. The van der Waals surface area contributed by atoms with Crippen molar-refractivity contribution >= 4 is 11.8 Å². The summed E-state index contributed by atoms with van der Waals surface area (Å²) in [4.78, 5) is 28.4. The van der Waals surface area contributed by atoms with Gasteiger partial charge in [0.1, 0.15) is 17.5 Å². The molecule has 2 fully saturated rings. The number of nitrogens with zero attached hydrogens (tertiary/aromatic N) is 1. The van der Waals surface area contributed by atoms with Gasteiger partial charge in [0.25, 0.3) is 0 Å². The van der Waals surface area contributed by atoms with Crippen LogP contribution in [0.1, 0.15) is 76.8 Å². The first-order valence-electron chi connectivity index (χ1n) is 12.9. The van der Waals surface area contributed by atoms with Gasteiger partial charge in [0.05, 0.1) is 6.04 Å². The van der Waals surface area contributed by atoms with Crippen LogP contribution in [-0.2, 0) is 9.59 Å². The Morgan fingerprint density at radius 3 is 2.41 bits per heavy atom. The summed E-state index contributed by atoms with van der Waals surface area (Å²) < 4.78 is 6.04. The van der Waals surface area contributed by atoms with Crippen LogP contribution in [0, 0.1) is 11.8 Å². The largest absolute Gasteiger partial charge is 0.457 e. The van der Waals surface area contributed by atoms with Crippen molar-refractivity contribution < 1.29 is 14.3 Å². The molecule has 34 heavy (non-hydrogen) atoms. The minimum Gasteiger partial charge on any atom is -0.457 e. The molecule has 4 rings (SSSR count). The summed E-state index contributed by atoms with van der Waals surface area (Å²) >= 11 is 0. The second-order valence-electron chi connectivity index (χ2n) is 10.1. The summed E-state index contributed by atoms with van der Waals surface area (Å²) in [5, 5.41) is 3.10. The van der Waals surface area contributed by atoms with Gasteiger partial charge in [-0.15, -0.1) is 0 Å². The van der Waals surface area contributed by atoms with E-state index in [-0.39, 0.29) is 23.8 Å². The number of amides is 2. The van der Waals surface area contributed by atoms with Crippen molar-refractivity contribution in [1.82, 2.24) is 10.2 Å². The quantitative estimate of drug-likeness (QED) is 0.504. The lowest BCUT2D eigenvalue weighted by molar-refractivity contribution is -0.138. The van der Waals surface area contributed by atoms with E-state index < -0.39 is 6.04 Å². The fourth-order valence-corrected chi connectivity index (χ4v) is 5.30. The molecule has 1 N–H and O–H groups in total. The number of hydrogen-bond donors (Lipinski definition) is 1. The van der Waals surface area contributed by atoms with Crippen molar-refractivity contribution in [2.75, 3.05) is 6.54 Å².